The second kappa shape index (κ2) is 12.2. The van der Waals surface area contributed by atoms with Gasteiger partial charge in [0.1, 0.15) is 0 Å². The summed E-state index contributed by atoms with van der Waals surface area (Å²) in [5.41, 5.74) is 0.0282. The van der Waals surface area contributed by atoms with Crippen LogP contribution in [0, 0.1) is 12.8 Å². The standard InChI is InChI=1S/C27H29F3N6O4/c1-16-6-3-4-7-17(16)11-23(37)32-20-12-19(27(28,29)30)13-21(14-20)33-26(39)34-24-15-36(35-40-24)22-9-5-8-18(10-22)25(38)31-2/h3-4,6-7,12-15,18,22H,5,8-11H2,1-2H3,(H3-,31,32,33,34,35,37,38,39)/t18-,22+/m0/s1. The Kier molecular flexibility index (Phi) is 8.70. The van der Waals surface area contributed by atoms with Crippen molar-refractivity contribution in [3.8, 4) is 0 Å². The van der Waals surface area contributed by atoms with E-state index in [1.165, 1.54) is 16.9 Å². The molecule has 0 saturated heterocycles. The van der Waals surface area contributed by atoms with Gasteiger partial charge < -0.3 is 15.7 Å². The van der Waals surface area contributed by atoms with E-state index in [1.807, 2.05) is 19.1 Å². The predicted molar refractivity (Wildman–Crippen MR) is 138 cm³/mol. The molecule has 0 radical (unpaired) electrons. The first kappa shape index (κ1) is 28.6. The average Bonchev–Trinajstić information content (AvgIpc) is 3.37. The van der Waals surface area contributed by atoms with E-state index in [4.69, 9.17) is 4.52 Å². The third-order valence-corrected chi connectivity index (χ3v) is 6.72. The molecule has 2 atom stereocenters. The van der Waals surface area contributed by atoms with E-state index in [0.29, 0.717) is 12.0 Å². The summed E-state index contributed by atoms with van der Waals surface area (Å²) in [5.74, 6) is -0.867. The topological polar surface area (TPSA) is 136 Å². The van der Waals surface area contributed by atoms with Crippen LogP contribution in [-0.2, 0) is 17.4 Å². The maximum atomic E-state index is 13.5. The molecule has 3 aromatic rings. The fraction of sp³-hybridized carbons (Fsp3) is 0.370. The van der Waals surface area contributed by atoms with Crippen LogP contribution in [0.1, 0.15) is 48.4 Å². The molecule has 0 bridgehead atoms. The quantitative estimate of drug-likeness (QED) is 0.229. The number of aliphatic imine (C=N–C) groups is 1. The Morgan fingerprint density at radius 3 is 2.67 bits per heavy atom. The van der Waals surface area contributed by atoms with Crippen LogP contribution in [0.25, 0.3) is 0 Å². The van der Waals surface area contributed by atoms with E-state index in [1.54, 1.807) is 19.2 Å². The van der Waals surface area contributed by atoms with Gasteiger partial charge in [-0.05, 0) is 59.7 Å². The minimum absolute atomic E-state index is 0.0372. The number of aryl methyl sites for hydroxylation is 1. The first-order chi connectivity index (χ1) is 19.0. The third-order valence-electron chi connectivity index (χ3n) is 6.72. The van der Waals surface area contributed by atoms with Crippen molar-refractivity contribution in [2.24, 2.45) is 10.9 Å². The number of benzene rings is 2. The lowest BCUT2D eigenvalue weighted by molar-refractivity contribution is -0.787. The Balaban J connectivity index is 1.46. The molecule has 0 unspecified atom stereocenters. The zero-order valence-electron chi connectivity index (χ0n) is 21.9. The van der Waals surface area contributed by atoms with E-state index in [2.05, 4.69) is 26.2 Å². The minimum Gasteiger partial charge on any atom is -0.861 e. The molecule has 3 amide bonds. The number of urea groups is 1. The lowest BCUT2D eigenvalue weighted by Crippen LogP contribution is -2.45. The monoisotopic (exact) mass is 558 g/mol. The summed E-state index contributed by atoms with van der Waals surface area (Å²) in [5, 5.41) is 23.8. The van der Waals surface area contributed by atoms with Gasteiger partial charge in [-0.15, -0.1) is 0 Å². The average molecular weight is 559 g/mol. The second-order valence-corrected chi connectivity index (χ2v) is 9.63. The number of amides is 3. The van der Waals surface area contributed by atoms with E-state index in [0.717, 1.165) is 37.0 Å². The van der Waals surface area contributed by atoms with E-state index in [9.17, 15) is 27.9 Å². The van der Waals surface area contributed by atoms with Gasteiger partial charge in [0, 0.05) is 37.9 Å². The van der Waals surface area contributed by atoms with Crippen LogP contribution in [0.5, 0.6) is 0 Å². The Bertz CT molecular complexity index is 1400. The summed E-state index contributed by atoms with van der Waals surface area (Å²) < 4.78 is 47.3. The highest BCUT2D eigenvalue weighted by molar-refractivity contribution is 5.99. The summed E-state index contributed by atoms with van der Waals surface area (Å²) >= 11 is 0. The SMILES string of the molecule is CNC(=O)[C@H]1CCC[C@@H]([n+]2cc(NC(=O)Nc3cc(N=C([O-])Cc4ccccc4C)cc(C(F)(F)F)c3)on2)C1. The van der Waals surface area contributed by atoms with Gasteiger partial charge >= 0.3 is 18.1 Å². The molecule has 1 saturated carbocycles. The Morgan fingerprint density at radius 2 is 1.95 bits per heavy atom. The van der Waals surface area contributed by atoms with Crippen molar-refractivity contribution in [2.75, 3.05) is 17.7 Å². The van der Waals surface area contributed by atoms with Crippen molar-refractivity contribution < 1.29 is 37.1 Å². The van der Waals surface area contributed by atoms with Gasteiger partial charge in [0.25, 0.3) is 6.20 Å². The number of alkyl halides is 3. The first-order valence-electron chi connectivity index (χ1n) is 12.7. The Labute approximate surface area is 228 Å². The zero-order chi connectivity index (χ0) is 28.9. The maximum Gasteiger partial charge on any atom is 0.416 e. The van der Waals surface area contributed by atoms with Crippen LogP contribution in [-0.4, -0.2) is 30.2 Å². The van der Waals surface area contributed by atoms with Crippen molar-refractivity contribution in [3.05, 3.63) is 65.4 Å². The highest BCUT2D eigenvalue weighted by atomic mass is 19.4. The molecule has 1 aliphatic carbocycles. The molecule has 1 heterocycles. The number of anilines is 2. The fourth-order valence-corrected chi connectivity index (χ4v) is 4.67. The minimum atomic E-state index is -4.74. The molecule has 1 aromatic heterocycles. The molecule has 3 N–H and O–H groups in total. The summed E-state index contributed by atoms with van der Waals surface area (Å²) in [7, 11) is 1.58. The number of hydrogen-bond donors (Lipinski definition) is 3. The van der Waals surface area contributed by atoms with E-state index in [-0.39, 0.29) is 41.5 Å². The lowest BCUT2D eigenvalue weighted by Gasteiger charge is -2.22. The largest absolute Gasteiger partial charge is 0.861 e. The molecule has 212 valence electrons. The number of nitrogens with zero attached hydrogens (tertiary/aromatic N) is 3. The molecule has 1 fully saturated rings. The molecule has 2 aromatic carbocycles. The van der Waals surface area contributed by atoms with Crippen LogP contribution in [0.2, 0.25) is 0 Å². The summed E-state index contributed by atoms with van der Waals surface area (Å²) in [4.78, 5) is 28.4. The molecule has 1 aliphatic rings. The van der Waals surface area contributed by atoms with E-state index < -0.39 is 23.7 Å². The molecule has 0 aliphatic heterocycles. The van der Waals surface area contributed by atoms with Gasteiger partial charge in [-0.2, -0.15) is 13.2 Å². The van der Waals surface area contributed by atoms with Gasteiger partial charge in [0.15, 0.2) is 6.04 Å². The summed E-state index contributed by atoms with van der Waals surface area (Å²) in [6, 6.07) is 8.80. The lowest BCUT2D eigenvalue weighted by atomic mass is 9.85. The normalized spacial score (nSPS) is 17.8. The predicted octanol–water partition coefficient (Wildman–Crippen LogP) is 4.04. The molecular formula is C27H29F3N6O4. The first-order valence-corrected chi connectivity index (χ1v) is 12.7. The van der Waals surface area contributed by atoms with Crippen molar-refractivity contribution >= 4 is 35.1 Å². The van der Waals surface area contributed by atoms with Gasteiger partial charge in [0.05, 0.1) is 11.3 Å². The van der Waals surface area contributed by atoms with Crippen molar-refractivity contribution in [1.82, 2.24) is 10.6 Å². The molecule has 0 spiro atoms. The molecule has 10 nitrogen and oxygen atoms in total. The van der Waals surface area contributed by atoms with Crippen LogP contribution >= 0.6 is 0 Å². The van der Waals surface area contributed by atoms with Crippen LogP contribution in [0.4, 0.5) is 35.2 Å². The number of carbonyl (C=O) groups is 2. The second-order valence-electron chi connectivity index (χ2n) is 9.63. The molecular weight excluding hydrogens is 529 g/mol. The van der Waals surface area contributed by atoms with Crippen molar-refractivity contribution in [3.63, 3.8) is 0 Å². The van der Waals surface area contributed by atoms with E-state index >= 15 is 0 Å². The van der Waals surface area contributed by atoms with Crippen molar-refractivity contribution in [2.45, 2.75) is 51.2 Å². The molecule has 40 heavy (non-hydrogen) atoms. The Morgan fingerprint density at radius 1 is 1.18 bits per heavy atom. The van der Waals surface area contributed by atoms with Gasteiger partial charge in [-0.1, -0.05) is 24.3 Å². The molecule has 4 rings (SSSR count). The van der Waals surface area contributed by atoms with Crippen LogP contribution < -0.4 is 25.7 Å². The number of aromatic nitrogens is 2. The highest BCUT2D eigenvalue weighted by Crippen LogP contribution is 2.34. The smallest absolute Gasteiger partial charge is 0.416 e. The van der Waals surface area contributed by atoms with Gasteiger partial charge in [-0.3, -0.25) is 19.6 Å². The highest BCUT2D eigenvalue weighted by Gasteiger charge is 2.35. The number of rotatable bonds is 7. The number of carbonyl (C=O) groups excluding carboxylic acids is 2. The number of nitrogens with one attached hydrogen (secondary N) is 3. The maximum absolute atomic E-state index is 13.5. The van der Waals surface area contributed by atoms with Crippen LogP contribution in [0.3, 0.4) is 0 Å². The summed E-state index contributed by atoms with van der Waals surface area (Å²) in [6.45, 7) is 1.82. The zero-order valence-corrected chi connectivity index (χ0v) is 21.9. The third kappa shape index (κ3) is 7.36. The van der Waals surface area contributed by atoms with Crippen LogP contribution in [0.15, 0.2) is 58.2 Å². The number of hydrogen-bond acceptors (Lipinski definition) is 6. The van der Waals surface area contributed by atoms with Crippen molar-refractivity contribution in [1.29, 1.82) is 0 Å². The van der Waals surface area contributed by atoms with Gasteiger partial charge in [-0.25, -0.2) is 4.79 Å². The molecule has 13 heteroatoms. The van der Waals surface area contributed by atoms with Gasteiger partial charge in [0.2, 0.25) is 11.2 Å². The fourth-order valence-electron chi connectivity index (χ4n) is 4.67. The summed E-state index contributed by atoms with van der Waals surface area (Å²) in [6.07, 6.45) is -0.444. The Hall–Kier alpha value is -4.42. The number of halogens is 3.